The second kappa shape index (κ2) is 6.95. The van der Waals surface area contributed by atoms with E-state index in [2.05, 4.69) is 63.3 Å². The third kappa shape index (κ3) is 3.99. The van der Waals surface area contributed by atoms with Gasteiger partial charge in [-0.15, -0.1) is 0 Å². The summed E-state index contributed by atoms with van der Waals surface area (Å²) in [5.41, 5.74) is 3.70. The molecule has 0 N–H and O–H groups in total. The lowest BCUT2D eigenvalue weighted by molar-refractivity contribution is 0.360. The maximum atomic E-state index is 5.86. The van der Waals surface area contributed by atoms with Crippen LogP contribution in [0, 0.1) is 6.92 Å². The van der Waals surface area contributed by atoms with E-state index < -0.39 is 0 Å². The summed E-state index contributed by atoms with van der Waals surface area (Å²) in [7, 11) is 0. The smallest absolute Gasteiger partial charge is 0.122 e. The van der Waals surface area contributed by atoms with Gasteiger partial charge in [-0.2, -0.15) is 0 Å². The minimum atomic E-state index is 0.526. The van der Waals surface area contributed by atoms with Crippen LogP contribution in [0.25, 0.3) is 6.08 Å². The monoisotopic (exact) mass is 266 g/mol. The van der Waals surface area contributed by atoms with E-state index in [4.69, 9.17) is 4.74 Å². The minimum absolute atomic E-state index is 0.526. The van der Waals surface area contributed by atoms with Gasteiger partial charge in [-0.3, -0.25) is 0 Å². The van der Waals surface area contributed by atoms with Crippen LogP contribution in [0.15, 0.2) is 54.6 Å². The summed E-state index contributed by atoms with van der Waals surface area (Å²) in [6.45, 7) is 7.07. The molecule has 0 radical (unpaired) electrons. The summed E-state index contributed by atoms with van der Waals surface area (Å²) < 4.78 is 5.86. The minimum Gasteiger partial charge on any atom is -0.489 e. The topological polar surface area (TPSA) is 9.23 Å². The molecule has 2 aromatic rings. The van der Waals surface area contributed by atoms with Gasteiger partial charge in [0.05, 0.1) is 0 Å². The van der Waals surface area contributed by atoms with E-state index in [1.807, 2.05) is 18.2 Å². The number of ether oxygens (including phenoxy) is 1. The zero-order valence-corrected chi connectivity index (χ0v) is 12.5. The molecule has 0 heterocycles. The lowest BCUT2D eigenvalue weighted by Crippen LogP contribution is -1.97. The molecule has 0 bridgehead atoms. The molecule has 0 spiro atoms. The maximum absolute atomic E-state index is 5.86. The summed E-state index contributed by atoms with van der Waals surface area (Å²) in [6, 6.07) is 16.7. The van der Waals surface area contributed by atoms with Gasteiger partial charge < -0.3 is 4.74 Å². The Morgan fingerprint density at radius 1 is 1.05 bits per heavy atom. The Labute approximate surface area is 121 Å². The van der Waals surface area contributed by atoms with Crippen molar-refractivity contribution in [2.75, 3.05) is 6.61 Å². The fourth-order valence-corrected chi connectivity index (χ4v) is 2.02. The first-order valence-corrected chi connectivity index (χ1v) is 7.12. The summed E-state index contributed by atoms with van der Waals surface area (Å²) >= 11 is 0. The summed E-state index contributed by atoms with van der Waals surface area (Å²) in [6.07, 6.45) is 4.14. The number of hydrogen-bond acceptors (Lipinski definition) is 1. The fraction of sp³-hybridized carbons (Fsp3) is 0.263. The average Bonchev–Trinajstić information content (AvgIpc) is 2.46. The Morgan fingerprint density at radius 2 is 1.80 bits per heavy atom. The SMILES string of the molecule is Cc1ccc(C(C)C)cc1OC/C=C/c1ccccc1. The van der Waals surface area contributed by atoms with Crippen LogP contribution in [-0.4, -0.2) is 6.61 Å². The van der Waals surface area contributed by atoms with Gasteiger partial charge in [0.1, 0.15) is 12.4 Å². The van der Waals surface area contributed by atoms with Crippen LogP contribution in [0.1, 0.15) is 36.5 Å². The maximum Gasteiger partial charge on any atom is 0.122 e. The second-order valence-corrected chi connectivity index (χ2v) is 5.30. The lowest BCUT2D eigenvalue weighted by Gasteiger charge is -2.11. The normalized spacial score (nSPS) is 11.2. The van der Waals surface area contributed by atoms with Crippen molar-refractivity contribution < 1.29 is 4.74 Å². The molecule has 0 aliphatic heterocycles. The molecule has 2 aromatic carbocycles. The molecule has 0 aliphatic rings. The Morgan fingerprint density at radius 3 is 2.50 bits per heavy atom. The Balaban J connectivity index is 1.97. The van der Waals surface area contributed by atoms with Gasteiger partial charge in [0.2, 0.25) is 0 Å². The van der Waals surface area contributed by atoms with Crippen LogP contribution >= 0.6 is 0 Å². The molecule has 0 fully saturated rings. The molecule has 0 saturated heterocycles. The van der Waals surface area contributed by atoms with Crippen molar-refractivity contribution in [1.29, 1.82) is 0 Å². The van der Waals surface area contributed by atoms with E-state index >= 15 is 0 Å². The Bertz CT molecular complexity index is 568. The van der Waals surface area contributed by atoms with Gasteiger partial charge in [-0.05, 0) is 41.7 Å². The zero-order valence-electron chi connectivity index (χ0n) is 12.5. The number of rotatable bonds is 5. The van der Waals surface area contributed by atoms with E-state index in [1.54, 1.807) is 0 Å². The lowest BCUT2D eigenvalue weighted by atomic mass is 10.0. The van der Waals surface area contributed by atoms with Crippen molar-refractivity contribution in [1.82, 2.24) is 0 Å². The van der Waals surface area contributed by atoms with Crippen LogP contribution in [-0.2, 0) is 0 Å². The van der Waals surface area contributed by atoms with Crippen molar-refractivity contribution in [3.8, 4) is 5.75 Å². The highest BCUT2D eigenvalue weighted by atomic mass is 16.5. The van der Waals surface area contributed by atoms with Crippen molar-refractivity contribution in [2.24, 2.45) is 0 Å². The Hall–Kier alpha value is -2.02. The largest absolute Gasteiger partial charge is 0.489 e. The third-order valence-electron chi connectivity index (χ3n) is 3.32. The summed E-state index contributed by atoms with van der Waals surface area (Å²) in [5.74, 6) is 1.51. The third-order valence-corrected chi connectivity index (χ3v) is 3.32. The van der Waals surface area contributed by atoms with Crippen LogP contribution < -0.4 is 4.74 Å². The molecule has 0 unspecified atom stereocenters. The number of benzene rings is 2. The van der Waals surface area contributed by atoms with Crippen molar-refractivity contribution in [2.45, 2.75) is 26.7 Å². The van der Waals surface area contributed by atoms with E-state index in [-0.39, 0.29) is 0 Å². The molecule has 104 valence electrons. The highest BCUT2D eigenvalue weighted by Gasteiger charge is 2.03. The van der Waals surface area contributed by atoms with E-state index in [1.165, 1.54) is 16.7 Å². The van der Waals surface area contributed by atoms with E-state index in [9.17, 15) is 0 Å². The first-order valence-electron chi connectivity index (χ1n) is 7.12. The van der Waals surface area contributed by atoms with Gasteiger partial charge in [-0.1, -0.05) is 62.4 Å². The van der Waals surface area contributed by atoms with Gasteiger partial charge in [0.15, 0.2) is 0 Å². The molecule has 1 nitrogen and oxygen atoms in total. The van der Waals surface area contributed by atoms with Gasteiger partial charge >= 0.3 is 0 Å². The highest BCUT2D eigenvalue weighted by molar-refractivity contribution is 5.48. The van der Waals surface area contributed by atoms with Crippen molar-refractivity contribution in [3.63, 3.8) is 0 Å². The zero-order chi connectivity index (χ0) is 14.4. The molecule has 2 rings (SSSR count). The highest BCUT2D eigenvalue weighted by Crippen LogP contribution is 2.24. The standard InChI is InChI=1S/C19H22O/c1-15(2)18-12-11-16(3)19(14-18)20-13-7-10-17-8-5-4-6-9-17/h4-12,14-15H,13H2,1-3H3/b10-7+. The average molecular weight is 266 g/mol. The van der Waals surface area contributed by atoms with Crippen molar-refractivity contribution >= 4 is 6.08 Å². The van der Waals surface area contributed by atoms with E-state index in [0.29, 0.717) is 12.5 Å². The van der Waals surface area contributed by atoms with E-state index in [0.717, 1.165) is 5.75 Å². The Kier molecular flexibility index (Phi) is 5.00. The molecule has 0 atom stereocenters. The number of hydrogen-bond donors (Lipinski definition) is 0. The van der Waals surface area contributed by atoms with Gasteiger partial charge in [0.25, 0.3) is 0 Å². The molecule has 0 amide bonds. The summed E-state index contributed by atoms with van der Waals surface area (Å²) in [4.78, 5) is 0. The van der Waals surface area contributed by atoms with Gasteiger partial charge in [0, 0.05) is 0 Å². The molecular weight excluding hydrogens is 244 g/mol. The first-order chi connectivity index (χ1) is 9.66. The van der Waals surface area contributed by atoms with Crippen LogP contribution in [0.2, 0.25) is 0 Å². The predicted octanol–water partition coefficient (Wildman–Crippen LogP) is 5.21. The van der Waals surface area contributed by atoms with Crippen molar-refractivity contribution in [3.05, 3.63) is 71.3 Å². The van der Waals surface area contributed by atoms with Crippen LogP contribution in [0.3, 0.4) is 0 Å². The molecule has 20 heavy (non-hydrogen) atoms. The quantitative estimate of drug-likeness (QED) is 0.721. The first kappa shape index (κ1) is 14.4. The molecule has 1 heteroatoms. The van der Waals surface area contributed by atoms with Crippen LogP contribution in [0.4, 0.5) is 0 Å². The number of aryl methyl sites for hydroxylation is 1. The van der Waals surface area contributed by atoms with Crippen LogP contribution in [0.5, 0.6) is 5.75 Å². The fourth-order valence-electron chi connectivity index (χ4n) is 2.02. The predicted molar refractivity (Wildman–Crippen MR) is 86.2 cm³/mol. The molecule has 0 aromatic heterocycles. The second-order valence-electron chi connectivity index (χ2n) is 5.30. The molecular formula is C19H22O. The summed E-state index contributed by atoms with van der Waals surface area (Å²) in [5, 5.41) is 0. The van der Waals surface area contributed by atoms with Gasteiger partial charge in [-0.25, -0.2) is 0 Å². The molecule has 0 aliphatic carbocycles. The molecule has 0 saturated carbocycles.